The van der Waals surface area contributed by atoms with Crippen molar-refractivity contribution in [2.75, 3.05) is 19.6 Å². The topological polar surface area (TPSA) is 44.4 Å². The van der Waals surface area contributed by atoms with E-state index in [9.17, 15) is 4.79 Å². The second-order valence-corrected chi connectivity index (χ2v) is 7.22. The van der Waals surface area contributed by atoms with Crippen LogP contribution in [-0.2, 0) is 4.79 Å². The van der Waals surface area contributed by atoms with Gasteiger partial charge in [-0.1, -0.05) is 20.8 Å². The molecule has 1 fully saturated rings. The van der Waals surface area contributed by atoms with E-state index in [1.54, 1.807) is 0 Å². The van der Waals surface area contributed by atoms with Crippen molar-refractivity contribution < 1.29 is 4.79 Å². The molecule has 1 aliphatic heterocycles. The van der Waals surface area contributed by atoms with Gasteiger partial charge in [-0.25, -0.2) is 0 Å². The summed E-state index contributed by atoms with van der Waals surface area (Å²) < 4.78 is 0. The Morgan fingerprint density at radius 3 is 2.57 bits per heavy atom. The van der Waals surface area contributed by atoms with E-state index in [0.717, 1.165) is 32.5 Å². The Bertz CT molecular complexity index is 330. The maximum absolute atomic E-state index is 12.4. The maximum Gasteiger partial charge on any atom is 0.237 e. The lowest BCUT2D eigenvalue weighted by Crippen LogP contribution is -2.56. The highest BCUT2D eigenvalue weighted by Gasteiger charge is 2.32. The second-order valence-electron chi connectivity index (χ2n) is 7.22. The van der Waals surface area contributed by atoms with E-state index in [0.29, 0.717) is 12.0 Å². The highest BCUT2D eigenvalue weighted by atomic mass is 16.2. The number of carbonyl (C=O) groups is 1. The first-order valence-corrected chi connectivity index (χ1v) is 8.60. The van der Waals surface area contributed by atoms with Crippen LogP contribution in [0.1, 0.15) is 60.8 Å². The Balaban J connectivity index is 2.50. The Hall–Kier alpha value is -0.610. The van der Waals surface area contributed by atoms with Gasteiger partial charge in [-0.2, -0.15) is 0 Å². The van der Waals surface area contributed by atoms with Crippen molar-refractivity contribution in [3.63, 3.8) is 0 Å². The molecular weight excluding hydrogens is 262 g/mol. The molecule has 0 aromatic rings. The first-order chi connectivity index (χ1) is 9.80. The van der Waals surface area contributed by atoms with E-state index in [2.05, 4.69) is 50.2 Å². The van der Waals surface area contributed by atoms with Gasteiger partial charge in [0.15, 0.2) is 0 Å². The van der Waals surface area contributed by atoms with Crippen molar-refractivity contribution in [2.24, 2.45) is 5.92 Å². The van der Waals surface area contributed by atoms with Gasteiger partial charge in [-0.05, 0) is 52.5 Å². The summed E-state index contributed by atoms with van der Waals surface area (Å²) in [4.78, 5) is 14.7. The molecule has 1 aliphatic rings. The molecule has 1 rings (SSSR count). The SMILES string of the molecule is CCCNC1CCN(C(C)C(=O)NC(C)(C)CC)CC1C. The summed E-state index contributed by atoms with van der Waals surface area (Å²) in [5, 5.41) is 6.80. The minimum Gasteiger partial charge on any atom is -0.350 e. The molecule has 0 saturated carbocycles. The van der Waals surface area contributed by atoms with Gasteiger partial charge in [0.25, 0.3) is 0 Å². The first kappa shape index (κ1) is 18.4. The van der Waals surface area contributed by atoms with Gasteiger partial charge in [-0.3, -0.25) is 9.69 Å². The third-order valence-corrected chi connectivity index (χ3v) is 4.87. The van der Waals surface area contributed by atoms with Gasteiger partial charge in [0.1, 0.15) is 0 Å². The largest absolute Gasteiger partial charge is 0.350 e. The normalized spacial score (nSPS) is 25.6. The summed E-state index contributed by atoms with van der Waals surface area (Å²) in [6.45, 7) is 15.9. The summed E-state index contributed by atoms with van der Waals surface area (Å²) in [5.41, 5.74) is -0.113. The van der Waals surface area contributed by atoms with Gasteiger partial charge in [-0.15, -0.1) is 0 Å². The molecule has 1 heterocycles. The summed E-state index contributed by atoms with van der Waals surface area (Å²) in [6.07, 6.45) is 3.26. The Morgan fingerprint density at radius 2 is 2.05 bits per heavy atom. The Morgan fingerprint density at radius 1 is 1.38 bits per heavy atom. The fraction of sp³-hybridized carbons (Fsp3) is 0.941. The van der Waals surface area contributed by atoms with Gasteiger partial charge >= 0.3 is 0 Å². The predicted molar refractivity (Wildman–Crippen MR) is 89.4 cm³/mol. The van der Waals surface area contributed by atoms with Crippen LogP contribution in [0.2, 0.25) is 0 Å². The third kappa shape index (κ3) is 5.59. The average molecular weight is 297 g/mol. The second kappa shape index (κ2) is 8.14. The van der Waals surface area contributed by atoms with Gasteiger partial charge in [0.2, 0.25) is 5.91 Å². The molecule has 0 aliphatic carbocycles. The standard InChI is InChI=1S/C17H35N3O/c1-7-10-18-15-9-11-20(12-13(15)3)14(4)16(21)19-17(5,6)8-2/h13-15,18H,7-12H2,1-6H3,(H,19,21). The number of nitrogens with one attached hydrogen (secondary N) is 2. The summed E-state index contributed by atoms with van der Waals surface area (Å²) in [7, 11) is 0. The van der Waals surface area contributed by atoms with E-state index < -0.39 is 0 Å². The van der Waals surface area contributed by atoms with Gasteiger partial charge in [0, 0.05) is 24.7 Å². The highest BCUT2D eigenvalue weighted by Crippen LogP contribution is 2.19. The molecule has 0 bridgehead atoms. The van der Waals surface area contributed by atoms with Gasteiger partial charge in [0.05, 0.1) is 6.04 Å². The minimum atomic E-state index is -0.113. The Labute approximate surface area is 131 Å². The van der Waals surface area contributed by atoms with Crippen LogP contribution in [0.5, 0.6) is 0 Å². The van der Waals surface area contributed by atoms with Crippen molar-refractivity contribution in [1.29, 1.82) is 0 Å². The number of nitrogens with zero attached hydrogens (tertiary/aromatic N) is 1. The smallest absolute Gasteiger partial charge is 0.237 e. The highest BCUT2D eigenvalue weighted by molar-refractivity contribution is 5.82. The Kier molecular flexibility index (Phi) is 7.14. The number of rotatable bonds is 7. The quantitative estimate of drug-likeness (QED) is 0.758. The van der Waals surface area contributed by atoms with Crippen LogP contribution in [0.4, 0.5) is 0 Å². The lowest BCUT2D eigenvalue weighted by molar-refractivity contribution is -0.128. The fourth-order valence-corrected chi connectivity index (χ4v) is 2.85. The summed E-state index contributed by atoms with van der Waals surface area (Å²) >= 11 is 0. The van der Waals surface area contributed by atoms with Crippen LogP contribution in [0.3, 0.4) is 0 Å². The predicted octanol–water partition coefficient (Wildman–Crippen LogP) is 2.39. The lowest BCUT2D eigenvalue weighted by atomic mass is 9.92. The molecule has 0 radical (unpaired) electrons. The van der Waals surface area contributed by atoms with E-state index in [1.807, 2.05) is 6.92 Å². The molecule has 2 N–H and O–H groups in total. The molecule has 4 nitrogen and oxygen atoms in total. The van der Waals surface area contributed by atoms with Crippen LogP contribution in [-0.4, -0.2) is 48.1 Å². The van der Waals surface area contributed by atoms with Crippen LogP contribution >= 0.6 is 0 Å². The molecule has 0 aromatic carbocycles. The molecule has 0 aromatic heterocycles. The molecule has 4 heteroatoms. The molecule has 1 amide bonds. The number of hydrogen-bond acceptors (Lipinski definition) is 3. The first-order valence-electron chi connectivity index (χ1n) is 8.60. The maximum atomic E-state index is 12.4. The van der Waals surface area contributed by atoms with Gasteiger partial charge < -0.3 is 10.6 Å². The monoisotopic (exact) mass is 297 g/mol. The zero-order valence-electron chi connectivity index (χ0n) is 14.8. The van der Waals surface area contributed by atoms with E-state index >= 15 is 0 Å². The fourth-order valence-electron chi connectivity index (χ4n) is 2.85. The zero-order chi connectivity index (χ0) is 16.0. The molecule has 124 valence electrons. The van der Waals surface area contributed by atoms with E-state index in [4.69, 9.17) is 0 Å². The van der Waals surface area contributed by atoms with Crippen molar-refractivity contribution in [3.8, 4) is 0 Å². The number of piperidine rings is 1. The summed E-state index contributed by atoms with van der Waals surface area (Å²) in [5.74, 6) is 0.758. The lowest BCUT2D eigenvalue weighted by Gasteiger charge is -2.40. The average Bonchev–Trinajstić information content (AvgIpc) is 2.44. The van der Waals surface area contributed by atoms with Crippen LogP contribution in [0.25, 0.3) is 0 Å². The van der Waals surface area contributed by atoms with Crippen LogP contribution < -0.4 is 10.6 Å². The third-order valence-electron chi connectivity index (χ3n) is 4.87. The minimum absolute atomic E-state index is 0.0367. The number of amides is 1. The molecular formula is C17H35N3O. The van der Waals surface area contributed by atoms with Crippen LogP contribution in [0, 0.1) is 5.92 Å². The molecule has 1 saturated heterocycles. The van der Waals surface area contributed by atoms with Crippen LogP contribution in [0.15, 0.2) is 0 Å². The van der Waals surface area contributed by atoms with Crippen molar-refractivity contribution in [3.05, 3.63) is 0 Å². The molecule has 3 unspecified atom stereocenters. The number of hydrogen-bond donors (Lipinski definition) is 2. The summed E-state index contributed by atoms with van der Waals surface area (Å²) in [6, 6.07) is 0.564. The van der Waals surface area contributed by atoms with Crippen molar-refractivity contribution in [1.82, 2.24) is 15.5 Å². The van der Waals surface area contributed by atoms with Crippen molar-refractivity contribution >= 4 is 5.91 Å². The molecule has 21 heavy (non-hydrogen) atoms. The number of likely N-dealkylation sites (tertiary alicyclic amines) is 1. The zero-order valence-corrected chi connectivity index (χ0v) is 14.8. The van der Waals surface area contributed by atoms with Crippen molar-refractivity contribution in [2.45, 2.75) is 78.4 Å². The van der Waals surface area contributed by atoms with E-state index in [-0.39, 0.29) is 17.5 Å². The number of carbonyl (C=O) groups excluding carboxylic acids is 1. The molecule has 3 atom stereocenters. The molecule has 0 spiro atoms. The van der Waals surface area contributed by atoms with E-state index in [1.165, 1.54) is 6.42 Å².